The minimum absolute atomic E-state index is 0.0170. The van der Waals surface area contributed by atoms with E-state index in [0.717, 1.165) is 23.9 Å². The van der Waals surface area contributed by atoms with Crippen molar-refractivity contribution >= 4 is 28.9 Å². The van der Waals surface area contributed by atoms with Crippen molar-refractivity contribution in [3.8, 4) is 10.6 Å². The average molecular weight is 478 g/mol. The number of hydrogen-bond acceptors (Lipinski definition) is 7. The van der Waals surface area contributed by atoms with Gasteiger partial charge in [-0.05, 0) is 62.4 Å². The maximum atomic E-state index is 13.0. The topological polar surface area (TPSA) is 108 Å². The summed E-state index contributed by atoms with van der Waals surface area (Å²) in [5.74, 6) is -0.965. The molecule has 4 rings (SSSR count). The van der Waals surface area contributed by atoms with E-state index in [9.17, 15) is 28.2 Å². The van der Waals surface area contributed by atoms with Crippen LogP contribution in [0, 0.1) is 12.8 Å². The van der Waals surface area contributed by atoms with Crippen molar-refractivity contribution in [2.45, 2.75) is 44.4 Å². The van der Waals surface area contributed by atoms with E-state index in [0.29, 0.717) is 47.1 Å². The first-order chi connectivity index (χ1) is 15.5. The molecule has 0 atom stereocenters. The molecule has 7 nitrogen and oxygen atoms in total. The van der Waals surface area contributed by atoms with Crippen molar-refractivity contribution in [1.29, 1.82) is 0 Å². The van der Waals surface area contributed by atoms with E-state index in [2.05, 4.69) is 20.3 Å². The number of pyridine rings is 2. The Labute approximate surface area is 191 Å². The Morgan fingerprint density at radius 1 is 1.18 bits per heavy atom. The van der Waals surface area contributed by atoms with E-state index in [-0.39, 0.29) is 5.82 Å². The fourth-order valence-corrected chi connectivity index (χ4v) is 4.85. The molecule has 1 fully saturated rings. The Morgan fingerprint density at radius 2 is 1.91 bits per heavy atom. The molecule has 3 heterocycles. The third-order valence-electron chi connectivity index (χ3n) is 5.63. The van der Waals surface area contributed by atoms with Gasteiger partial charge in [0, 0.05) is 12.4 Å². The number of halogens is 3. The fourth-order valence-electron chi connectivity index (χ4n) is 3.83. The smallest absolute Gasteiger partial charge is 0.416 e. The Bertz CT molecular complexity index is 1170. The van der Waals surface area contributed by atoms with Gasteiger partial charge in [0.25, 0.3) is 0 Å². The van der Waals surface area contributed by atoms with Gasteiger partial charge in [-0.1, -0.05) is 0 Å². The lowest BCUT2D eigenvalue weighted by molar-refractivity contribution is -0.145. The van der Waals surface area contributed by atoms with Crippen LogP contribution in [0.3, 0.4) is 0 Å². The van der Waals surface area contributed by atoms with Crippen LogP contribution in [0.1, 0.15) is 41.8 Å². The number of hydrogen-bond donors (Lipinski definition) is 3. The summed E-state index contributed by atoms with van der Waals surface area (Å²) in [6.07, 6.45) is -0.429. The molecule has 1 saturated carbocycles. The molecule has 11 heteroatoms. The zero-order chi connectivity index (χ0) is 23.8. The number of nitrogens with zero attached hydrogens (tertiary/aromatic N) is 3. The van der Waals surface area contributed by atoms with Gasteiger partial charge in [-0.3, -0.25) is 4.79 Å². The van der Waals surface area contributed by atoms with Crippen LogP contribution in [-0.2, 0) is 16.6 Å². The monoisotopic (exact) mass is 478 g/mol. The quantitative estimate of drug-likeness (QED) is 0.466. The van der Waals surface area contributed by atoms with Crippen LogP contribution in [0.2, 0.25) is 0 Å². The molecular formula is C22H21F3N4O3S. The van der Waals surface area contributed by atoms with Crippen LogP contribution in [0.25, 0.3) is 10.6 Å². The molecule has 1 aliphatic rings. The van der Waals surface area contributed by atoms with Gasteiger partial charge in [0.2, 0.25) is 0 Å². The maximum absolute atomic E-state index is 13.0. The highest BCUT2D eigenvalue weighted by Gasteiger charge is 2.39. The van der Waals surface area contributed by atoms with Crippen molar-refractivity contribution in [2.24, 2.45) is 5.92 Å². The molecule has 0 bridgehead atoms. The third-order valence-corrected chi connectivity index (χ3v) is 6.84. The van der Waals surface area contributed by atoms with Crippen molar-refractivity contribution < 1.29 is 28.2 Å². The van der Waals surface area contributed by atoms with Crippen LogP contribution >= 0.6 is 11.3 Å². The fraction of sp³-hybridized carbons (Fsp3) is 0.364. The van der Waals surface area contributed by atoms with Gasteiger partial charge in [-0.2, -0.15) is 13.2 Å². The zero-order valence-electron chi connectivity index (χ0n) is 17.6. The number of carboxylic acids is 1. The lowest BCUT2D eigenvalue weighted by Crippen LogP contribution is -2.33. The largest absolute Gasteiger partial charge is 0.481 e. The van der Waals surface area contributed by atoms with Gasteiger partial charge < -0.3 is 15.5 Å². The number of anilines is 2. The molecule has 0 saturated heterocycles. The van der Waals surface area contributed by atoms with Gasteiger partial charge in [0.1, 0.15) is 22.2 Å². The highest BCUT2D eigenvalue weighted by molar-refractivity contribution is 7.15. The molecule has 3 aromatic heterocycles. The summed E-state index contributed by atoms with van der Waals surface area (Å²) >= 11 is 1.27. The van der Waals surface area contributed by atoms with E-state index in [1.807, 2.05) is 13.0 Å². The lowest BCUT2D eigenvalue weighted by atomic mass is 9.79. The summed E-state index contributed by atoms with van der Waals surface area (Å²) in [7, 11) is 0. The van der Waals surface area contributed by atoms with Gasteiger partial charge in [-0.25, -0.2) is 15.0 Å². The summed E-state index contributed by atoms with van der Waals surface area (Å²) in [5, 5.41) is 23.5. The van der Waals surface area contributed by atoms with E-state index in [1.165, 1.54) is 11.3 Å². The summed E-state index contributed by atoms with van der Waals surface area (Å²) in [4.78, 5) is 24.7. The van der Waals surface area contributed by atoms with Gasteiger partial charge >= 0.3 is 12.1 Å². The highest BCUT2D eigenvalue weighted by Crippen LogP contribution is 2.42. The molecule has 3 aromatic rings. The first-order valence-electron chi connectivity index (χ1n) is 10.2. The first kappa shape index (κ1) is 23.1. The molecule has 174 valence electrons. The Kier molecular flexibility index (Phi) is 6.10. The van der Waals surface area contributed by atoms with E-state index in [4.69, 9.17) is 0 Å². The molecule has 0 spiro atoms. The minimum Gasteiger partial charge on any atom is -0.481 e. The number of aliphatic hydroxyl groups is 1. The zero-order valence-corrected chi connectivity index (χ0v) is 18.4. The second kappa shape index (κ2) is 8.71. The van der Waals surface area contributed by atoms with Crippen LogP contribution in [-0.4, -0.2) is 31.1 Å². The molecule has 0 unspecified atom stereocenters. The molecule has 3 N–H and O–H groups in total. The molecule has 0 aliphatic heterocycles. The van der Waals surface area contributed by atoms with Crippen LogP contribution in [0.15, 0.2) is 36.7 Å². The maximum Gasteiger partial charge on any atom is 0.416 e. The predicted octanol–water partition coefficient (Wildman–Crippen LogP) is 5.13. The summed E-state index contributed by atoms with van der Waals surface area (Å²) in [5.41, 5.74) is -0.617. The van der Waals surface area contributed by atoms with Crippen LogP contribution in [0.5, 0.6) is 0 Å². The predicted molar refractivity (Wildman–Crippen MR) is 116 cm³/mol. The van der Waals surface area contributed by atoms with E-state index >= 15 is 0 Å². The highest BCUT2D eigenvalue weighted by atomic mass is 32.1. The SMILES string of the molecule is Cc1cc(Nc2cc(C(F)(F)F)ccn2)nc(-c2cnc(C3(O)CCC(C(=O)O)CC3)s2)c1. The van der Waals surface area contributed by atoms with E-state index < -0.39 is 29.2 Å². The number of carboxylic acid groups (broad SMARTS) is 1. The number of nitrogens with one attached hydrogen (secondary N) is 1. The minimum atomic E-state index is -4.48. The lowest BCUT2D eigenvalue weighted by Gasteiger charge is -2.32. The Balaban J connectivity index is 1.56. The van der Waals surface area contributed by atoms with Crippen molar-refractivity contribution in [3.63, 3.8) is 0 Å². The number of alkyl halides is 3. The van der Waals surface area contributed by atoms with Crippen LogP contribution in [0.4, 0.5) is 24.8 Å². The molecule has 0 aromatic carbocycles. The van der Waals surface area contributed by atoms with Gasteiger partial charge in [-0.15, -0.1) is 11.3 Å². The second-order valence-electron chi connectivity index (χ2n) is 8.14. The molecule has 0 radical (unpaired) electrons. The number of thiazole rings is 1. The molecule has 1 aliphatic carbocycles. The van der Waals surface area contributed by atoms with E-state index in [1.54, 1.807) is 12.3 Å². The second-order valence-corrected chi connectivity index (χ2v) is 9.17. The number of carbonyl (C=O) groups is 1. The van der Waals surface area contributed by atoms with Gasteiger partial charge in [0.15, 0.2) is 0 Å². The molecule has 0 amide bonds. The van der Waals surface area contributed by atoms with Crippen molar-refractivity contribution in [3.05, 3.63) is 52.8 Å². The van der Waals surface area contributed by atoms with Crippen molar-refractivity contribution in [2.75, 3.05) is 5.32 Å². The Morgan fingerprint density at radius 3 is 2.58 bits per heavy atom. The summed E-state index contributed by atoms with van der Waals surface area (Å²) in [6, 6.07) is 5.31. The van der Waals surface area contributed by atoms with Gasteiger partial charge in [0.05, 0.1) is 22.1 Å². The van der Waals surface area contributed by atoms with Crippen LogP contribution < -0.4 is 5.32 Å². The summed E-state index contributed by atoms with van der Waals surface area (Å²) < 4.78 is 38.9. The molecular weight excluding hydrogens is 457 g/mol. The number of aliphatic carboxylic acids is 1. The number of aromatic nitrogens is 3. The molecule has 33 heavy (non-hydrogen) atoms. The number of aryl methyl sites for hydroxylation is 1. The average Bonchev–Trinajstić information content (AvgIpc) is 3.25. The standard InChI is InChI=1S/C22H21F3N4O3S/c1-12-8-15(28-18(9-12)29-17-10-14(4-7-26-17)22(23,24)25)16-11-27-20(33-16)21(32)5-2-13(3-6-21)19(30)31/h4,7-11,13,32H,2-3,5-6H2,1H3,(H,30,31)(H,26,28,29). The van der Waals surface area contributed by atoms with Crippen molar-refractivity contribution in [1.82, 2.24) is 15.0 Å². The third kappa shape index (κ3) is 5.14. The Hall–Kier alpha value is -3.05. The summed E-state index contributed by atoms with van der Waals surface area (Å²) in [6.45, 7) is 1.83. The first-order valence-corrected chi connectivity index (χ1v) is 11.1. The normalized spacial score (nSPS) is 21.1. The number of rotatable bonds is 5.